The van der Waals surface area contributed by atoms with Crippen molar-refractivity contribution in [3.05, 3.63) is 58.8 Å². The van der Waals surface area contributed by atoms with E-state index in [0.717, 1.165) is 11.8 Å². The summed E-state index contributed by atoms with van der Waals surface area (Å²) in [5.74, 6) is 0.0103. The third kappa shape index (κ3) is 4.16. The molecule has 0 N–H and O–H groups in total. The molecule has 2 aromatic rings. The van der Waals surface area contributed by atoms with E-state index in [1.54, 1.807) is 36.4 Å². The second kappa shape index (κ2) is 8.87. The number of amides is 1. The van der Waals surface area contributed by atoms with Crippen LogP contribution < -0.4 is 14.4 Å². The average molecular weight is 414 g/mol. The van der Waals surface area contributed by atoms with Crippen molar-refractivity contribution in [2.75, 3.05) is 18.1 Å². The molecule has 1 amide bonds. The van der Waals surface area contributed by atoms with E-state index < -0.39 is 5.82 Å². The van der Waals surface area contributed by atoms with Gasteiger partial charge in [-0.1, -0.05) is 42.2 Å². The number of thioether (sulfide) groups is 1. The highest BCUT2D eigenvalue weighted by Gasteiger charge is 2.34. The molecule has 1 saturated heterocycles. The average Bonchev–Trinajstić information content (AvgIpc) is 2.95. The topological polar surface area (TPSA) is 62.6 Å². The summed E-state index contributed by atoms with van der Waals surface area (Å²) in [4.78, 5) is 14.3. The Morgan fingerprint density at radius 3 is 2.75 bits per heavy atom. The summed E-state index contributed by atoms with van der Waals surface area (Å²) in [6.45, 7) is 2.16. The molecule has 0 aromatic heterocycles. The van der Waals surface area contributed by atoms with Crippen LogP contribution in [0.5, 0.6) is 11.5 Å². The van der Waals surface area contributed by atoms with Crippen molar-refractivity contribution in [1.29, 1.82) is 5.26 Å². The predicted octanol–water partition coefficient (Wildman–Crippen LogP) is 4.53. The number of anilines is 1. The fraction of sp³-hybridized carbons (Fsp3) is 0.150. The molecule has 1 fully saturated rings. The Kier molecular flexibility index (Phi) is 6.29. The number of nitrogens with zero attached hydrogens (tertiary/aromatic N) is 2. The lowest BCUT2D eigenvalue weighted by Crippen LogP contribution is -2.28. The molecular weight excluding hydrogens is 399 g/mol. The molecule has 1 aliphatic heterocycles. The van der Waals surface area contributed by atoms with Gasteiger partial charge in [-0.25, -0.2) is 4.39 Å². The Bertz CT molecular complexity index is 1000. The predicted molar refractivity (Wildman–Crippen MR) is 111 cm³/mol. The Morgan fingerprint density at radius 2 is 2.04 bits per heavy atom. The van der Waals surface area contributed by atoms with Crippen molar-refractivity contribution in [2.45, 2.75) is 6.92 Å². The van der Waals surface area contributed by atoms with E-state index in [1.165, 1.54) is 17.0 Å². The quantitative estimate of drug-likeness (QED) is 0.511. The number of para-hydroxylation sites is 1. The molecule has 0 atom stereocenters. The molecule has 28 heavy (non-hydrogen) atoms. The standard InChI is InChI=1S/C20H15FN2O3S2/c1-2-25-17-11-13(7-8-16(17)26-10-9-22)12-18-19(24)23(20(27)28-18)15-6-4-3-5-14(15)21/h3-8,11-12H,2,10H2,1H3/b18-12+. The number of carbonyl (C=O) groups is 1. The molecule has 8 heteroatoms. The lowest BCUT2D eigenvalue weighted by atomic mass is 10.1. The van der Waals surface area contributed by atoms with Gasteiger partial charge in [-0.2, -0.15) is 5.26 Å². The van der Waals surface area contributed by atoms with Gasteiger partial charge in [0.2, 0.25) is 0 Å². The van der Waals surface area contributed by atoms with Crippen molar-refractivity contribution in [3.8, 4) is 17.6 Å². The molecule has 0 bridgehead atoms. The van der Waals surface area contributed by atoms with Crippen molar-refractivity contribution in [1.82, 2.24) is 0 Å². The smallest absolute Gasteiger partial charge is 0.270 e. The zero-order valence-electron chi connectivity index (χ0n) is 14.8. The number of ether oxygens (including phenoxy) is 2. The fourth-order valence-electron chi connectivity index (χ4n) is 2.57. The Labute approximate surface area is 171 Å². The van der Waals surface area contributed by atoms with Crippen molar-refractivity contribution < 1.29 is 18.7 Å². The molecule has 0 radical (unpaired) electrons. The van der Waals surface area contributed by atoms with Gasteiger partial charge in [0, 0.05) is 0 Å². The number of nitriles is 1. The number of carbonyl (C=O) groups excluding carboxylic acids is 1. The second-order valence-electron chi connectivity index (χ2n) is 5.55. The number of hydrogen-bond donors (Lipinski definition) is 0. The van der Waals surface area contributed by atoms with Gasteiger partial charge in [0.05, 0.1) is 17.2 Å². The van der Waals surface area contributed by atoms with Crippen molar-refractivity contribution in [3.63, 3.8) is 0 Å². The summed E-state index contributed by atoms with van der Waals surface area (Å²) < 4.78 is 25.2. The van der Waals surface area contributed by atoms with Gasteiger partial charge >= 0.3 is 0 Å². The maximum absolute atomic E-state index is 14.1. The van der Waals surface area contributed by atoms with E-state index in [4.69, 9.17) is 27.0 Å². The molecule has 0 saturated carbocycles. The molecule has 3 rings (SSSR count). The van der Waals surface area contributed by atoms with E-state index in [2.05, 4.69) is 0 Å². The van der Waals surface area contributed by atoms with Gasteiger partial charge in [-0.3, -0.25) is 9.69 Å². The molecule has 0 unspecified atom stereocenters. The highest BCUT2D eigenvalue weighted by atomic mass is 32.2. The van der Waals surface area contributed by atoms with Crippen LogP contribution in [0.15, 0.2) is 47.4 Å². The lowest BCUT2D eigenvalue weighted by molar-refractivity contribution is -0.113. The minimum atomic E-state index is -0.516. The molecule has 5 nitrogen and oxygen atoms in total. The Hall–Kier alpha value is -2.89. The van der Waals surface area contributed by atoms with Gasteiger partial charge < -0.3 is 9.47 Å². The van der Waals surface area contributed by atoms with Crippen LogP contribution >= 0.6 is 24.0 Å². The van der Waals surface area contributed by atoms with Crippen LogP contribution in [-0.2, 0) is 4.79 Å². The summed E-state index contributed by atoms with van der Waals surface area (Å²) in [5.41, 5.74) is 0.824. The van der Waals surface area contributed by atoms with Gasteiger partial charge in [-0.05, 0) is 42.8 Å². The van der Waals surface area contributed by atoms with Crippen LogP contribution in [0.25, 0.3) is 6.08 Å². The molecular formula is C20H15FN2O3S2. The first kappa shape index (κ1) is 19.9. The summed E-state index contributed by atoms with van der Waals surface area (Å²) in [7, 11) is 0. The summed E-state index contributed by atoms with van der Waals surface area (Å²) in [6, 6.07) is 13.0. The maximum atomic E-state index is 14.1. The number of thiocarbonyl (C=S) groups is 1. The third-order valence-electron chi connectivity index (χ3n) is 3.74. The number of halogens is 1. The minimum absolute atomic E-state index is 0.0965. The SMILES string of the molecule is CCOc1cc(/C=C2/SC(=S)N(c3ccccc3F)C2=O)ccc1OCC#N. The monoisotopic (exact) mass is 414 g/mol. The van der Waals surface area contributed by atoms with Gasteiger partial charge in [0.25, 0.3) is 5.91 Å². The van der Waals surface area contributed by atoms with Gasteiger partial charge in [0.15, 0.2) is 22.4 Å². The normalized spacial score (nSPS) is 15.0. The molecule has 1 aliphatic rings. The molecule has 0 aliphatic carbocycles. The first-order valence-electron chi connectivity index (χ1n) is 8.34. The van der Waals surface area contributed by atoms with Crippen LogP contribution in [0.2, 0.25) is 0 Å². The molecule has 0 spiro atoms. The maximum Gasteiger partial charge on any atom is 0.270 e. The highest BCUT2D eigenvalue weighted by molar-refractivity contribution is 8.27. The van der Waals surface area contributed by atoms with Crippen LogP contribution in [0.4, 0.5) is 10.1 Å². The largest absolute Gasteiger partial charge is 0.490 e. The van der Waals surface area contributed by atoms with Crippen LogP contribution in [0, 0.1) is 17.1 Å². The fourth-order valence-corrected chi connectivity index (χ4v) is 3.86. The molecule has 1 heterocycles. The van der Waals surface area contributed by atoms with E-state index in [1.807, 2.05) is 13.0 Å². The third-order valence-corrected chi connectivity index (χ3v) is 5.05. The van der Waals surface area contributed by atoms with Crippen LogP contribution in [0.1, 0.15) is 12.5 Å². The van der Waals surface area contributed by atoms with E-state index in [-0.39, 0.29) is 22.5 Å². The summed E-state index contributed by atoms with van der Waals surface area (Å²) in [6.07, 6.45) is 1.66. The lowest BCUT2D eigenvalue weighted by Gasteiger charge is -2.14. The number of hydrogen-bond acceptors (Lipinski definition) is 6. The zero-order chi connectivity index (χ0) is 20.1. The van der Waals surface area contributed by atoms with E-state index >= 15 is 0 Å². The summed E-state index contributed by atoms with van der Waals surface area (Å²) >= 11 is 6.38. The Balaban J connectivity index is 1.90. The van der Waals surface area contributed by atoms with E-state index in [9.17, 15) is 9.18 Å². The van der Waals surface area contributed by atoms with E-state index in [0.29, 0.717) is 28.6 Å². The van der Waals surface area contributed by atoms with Crippen molar-refractivity contribution >= 4 is 46.0 Å². The second-order valence-corrected chi connectivity index (χ2v) is 7.23. The zero-order valence-corrected chi connectivity index (χ0v) is 16.5. The van der Waals surface area contributed by atoms with Gasteiger partial charge in [-0.15, -0.1) is 0 Å². The highest BCUT2D eigenvalue weighted by Crippen LogP contribution is 2.38. The Morgan fingerprint density at radius 1 is 1.25 bits per heavy atom. The molecule has 2 aromatic carbocycles. The van der Waals surface area contributed by atoms with Crippen LogP contribution in [0.3, 0.4) is 0 Å². The number of rotatable bonds is 6. The van der Waals surface area contributed by atoms with Gasteiger partial charge in [0.1, 0.15) is 11.9 Å². The number of benzene rings is 2. The molecule has 142 valence electrons. The van der Waals surface area contributed by atoms with Crippen molar-refractivity contribution in [2.24, 2.45) is 0 Å². The first-order chi connectivity index (χ1) is 13.5. The minimum Gasteiger partial charge on any atom is -0.490 e. The van der Waals surface area contributed by atoms with Crippen LogP contribution in [-0.4, -0.2) is 23.4 Å². The first-order valence-corrected chi connectivity index (χ1v) is 9.56. The summed E-state index contributed by atoms with van der Waals surface area (Å²) in [5, 5.41) is 8.68.